The van der Waals surface area contributed by atoms with Gasteiger partial charge in [-0.2, -0.15) is 0 Å². The van der Waals surface area contributed by atoms with E-state index >= 15 is 0 Å². The van der Waals surface area contributed by atoms with Crippen molar-refractivity contribution < 1.29 is 27.4 Å². The van der Waals surface area contributed by atoms with Crippen molar-refractivity contribution in [2.24, 2.45) is 16.8 Å². The fourth-order valence-corrected chi connectivity index (χ4v) is 4.28. The van der Waals surface area contributed by atoms with Gasteiger partial charge in [-0.05, 0) is 48.2 Å². The Morgan fingerprint density at radius 1 is 1.12 bits per heavy atom. The summed E-state index contributed by atoms with van der Waals surface area (Å²) in [5.41, 5.74) is 1.70. The molecule has 0 aromatic heterocycles. The smallest absolute Gasteiger partial charge is 0.478 e. The maximum absolute atomic E-state index is 12.8. The molecule has 0 bridgehead atoms. The van der Waals surface area contributed by atoms with Crippen molar-refractivity contribution in [1.82, 2.24) is 5.32 Å². The van der Waals surface area contributed by atoms with Crippen molar-refractivity contribution in [3.05, 3.63) is 64.7 Å². The average Bonchev–Trinajstić information content (AvgIpc) is 3.42. The molecule has 1 aliphatic carbocycles. The molecular weight excluding hydrogens is 445 g/mol. The Bertz CT molecular complexity index is 977. The Balaban J connectivity index is 1.34. The lowest BCUT2D eigenvalue weighted by molar-refractivity contribution is -0.274. The highest BCUT2D eigenvalue weighted by Gasteiger charge is 2.39. The van der Waals surface area contributed by atoms with Crippen LogP contribution in [0.25, 0.3) is 0 Å². The molecule has 1 unspecified atom stereocenters. The summed E-state index contributed by atoms with van der Waals surface area (Å²) in [5.74, 6) is -0.101. The van der Waals surface area contributed by atoms with Crippen LogP contribution in [0.5, 0.6) is 5.75 Å². The zero-order valence-corrected chi connectivity index (χ0v) is 17.8. The number of carbonyl (C=O) groups excluding carboxylic acids is 1. The lowest BCUT2D eigenvalue weighted by atomic mass is 9.94. The van der Waals surface area contributed by atoms with Gasteiger partial charge in [0.15, 0.2) is 5.90 Å². The SMILES string of the molecule is O=C(NCc1ccc(OC(F)(F)F)cc1)[C@@H]1CCC[C@H]1C1=NC(c2ccc(Cl)cc2)CO1. The number of benzene rings is 2. The zero-order chi connectivity index (χ0) is 22.7. The first kappa shape index (κ1) is 22.5. The topological polar surface area (TPSA) is 59.9 Å². The molecule has 9 heteroatoms. The van der Waals surface area contributed by atoms with E-state index in [-0.39, 0.29) is 36.1 Å². The van der Waals surface area contributed by atoms with E-state index in [0.717, 1.165) is 24.8 Å². The Morgan fingerprint density at radius 2 is 1.84 bits per heavy atom. The molecule has 0 spiro atoms. The van der Waals surface area contributed by atoms with Crippen LogP contribution in [0.4, 0.5) is 13.2 Å². The number of nitrogens with one attached hydrogen (secondary N) is 1. The zero-order valence-electron chi connectivity index (χ0n) is 17.1. The summed E-state index contributed by atoms with van der Waals surface area (Å²) in [5, 5.41) is 3.54. The van der Waals surface area contributed by atoms with Crippen LogP contribution in [0.1, 0.15) is 36.4 Å². The normalized spacial score (nSPS) is 22.9. The monoisotopic (exact) mass is 466 g/mol. The molecule has 2 aromatic carbocycles. The quantitative estimate of drug-likeness (QED) is 0.616. The molecule has 0 saturated heterocycles. The summed E-state index contributed by atoms with van der Waals surface area (Å²) in [6.45, 7) is 0.656. The van der Waals surface area contributed by atoms with Crippen molar-refractivity contribution in [2.75, 3.05) is 6.61 Å². The number of carbonyl (C=O) groups is 1. The molecule has 0 radical (unpaired) electrons. The van der Waals surface area contributed by atoms with Gasteiger partial charge in [-0.25, -0.2) is 4.99 Å². The van der Waals surface area contributed by atoms with Gasteiger partial charge in [-0.1, -0.05) is 42.3 Å². The van der Waals surface area contributed by atoms with E-state index in [1.807, 2.05) is 24.3 Å². The number of amides is 1. The second kappa shape index (κ2) is 9.40. The Morgan fingerprint density at radius 3 is 2.53 bits per heavy atom. The van der Waals surface area contributed by atoms with E-state index in [9.17, 15) is 18.0 Å². The maximum atomic E-state index is 12.8. The van der Waals surface area contributed by atoms with Gasteiger partial charge < -0.3 is 14.8 Å². The molecule has 1 aliphatic heterocycles. The summed E-state index contributed by atoms with van der Waals surface area (Å²) in [7, 11) is 0. The molecular formula is C23H22ClF3N2O3. The van der Waals surface area contributed by atoms with Crippen LogP contribution < -0.4 is 10.1 Å². The highest BCUT2D eigenvalue weighted by atomic mass is 35.5. The van der Waals surface area contributed by atoms with Gasteiger partial charge in [0.05, 0.1) is 0 Å². The third kappa shape index (κ3) is 5.54. The number of hydrogen-bond acceptors (Lipinski definition) is 4. The highest BCUT2D eigenvalue weighted by molar-refractivity contribution is 6.30. The van der Waals surface area contributed by atoms with Gasteiger partial charge in [-0.15, -0.1) is 13.2 Å². The van der Waals surface area contributed by atoms with E-state index in [1.165, 1.54) is 24.3 Å². The van der Waals surface area contributed by atoms with Crippen molar-refractivity contribution in [2.45, 2.75) is 38.2 Å². The Labute approximate surface area is 188 Å². The molecule has 170 valence electrons. The molecule has 1 fully saturated rings. The fraction of sp³-hybridized carbons (Fsp3) is 0.391. The summed E-state index contributed by atoms with van der Waals surface area (Å²) in [4.78, 5) is 17.5. The highest BCUT2D eigenvalue weighted by Crippen LogP contribution is 2.37. The minimum Gasteiger partial charge on any atom is -0.478 e. The van der Waals surface area contributed by atoms with Crippen molar-refractivity contribution in [1.29, 1.82) is 0 Å². The van der Waals surface area contributed by atoms with Crippen LogP contribution in [-0.4, -0.2) is 24.8 Å². The molecule has 32 heavy (non-hydrogen) atoms. The van der Waals surface area contributed by atoms with Gasteiger partial charge in [-0.3, -0.25) is 4.79 Å². The first-order valence-corrected chi connectivity index (χ1v) is 10.7. The predicted molar refractivity (Wildman–Crippen MR) is 113 cm³/mol. The Hall–Kier alpha value is -2.74. The summed E-state index contributed by atoms with van der Waals surface area (Å²) in [6.07, 6.45) is -2.26. The second-order valence-electron chi connectivity index (χ2n) is 7.90. The number of halogens is 4. The minimum absolute atomic E-state index is 0.0742. The van der Waals surface area contributed by atoms with Crippen molar-refractivity contribution in [3.8, 4) is 5.75 Å². The lowest BCUT2D eigenvalue weighted by Crippen LogP contribution is -2.35. The van der Waals surface area contributed by atoms with Crippen LogP contribution >= 0.6 is 11.6 Å². The molecule has 2 aromatic rings. The molecule has 1 N–H and O–H groups in total. The number of rotatable bonds is 6. The van der Waals surface area contributed by atoms with Crippen molar-refractivity contribution in [3.63, 3.8) is 0 Å². The van der Waals surface area contributed by atoms with E-state index in [4.69, 9.17) is 21.3 Å². The van der Waals surface area contributed by atoms with Crippen LogP contribution in [0, 0.1) is 11.8 Å². The van der Waals surface area contributed by atoms with Gasteiger partial charge in [0.2, 0.25) is 5.91 Å². The molecule has 4 rings (SSSR count). The summed E-state index contributed by atoms with van der Waals surface area (Å²) < 4.78 is 46.5. The molecule has 1 heterocycles. The van der Waals surface area contributed by atoms with E-state index in [0.29, 0.717) is 23.1 Å². The first-order valence-electron chi connectivity index (χ1n) is 10.4. The molecule has 2 aliphatic rings. The molecule has 1 saturated carbocycles. The second-order valence-corrected chi connectivity index (χ2v) is 8.34. The van der Waals surface area contributed by atoms with Crippen LogP contribution in [0.2, 0.25) is 5.02 Å². The number of ether oxygens (including phenoxy) is 2. The van der Waals surface area contributed by atoms with Gasteiger partial charge in [0, 0.05) is 23.4 Å². The molecule has 1 amide bonds. The van der Waals surface area contributed by atoms with E-state index < -0.39 is 6.36 Å². The molecule has 5 nitrogen and oxygen atoms in total. The number of hydrogen-bond donors (Lipinski definition) is 1. The van der Waals surface area contributed by atoms with E-state index in [2.05, 4.69) is 10.1 Å². The predicted octanol–water partition coefficient (Wildman–Crippen LogP) is 5.44. The largest absolute Gasteiger partial charge is 0.573 e. The fourth-order valence-electron chi connectivity index (χ4n) is 4.15. The Kier molecular flexibility index (Phi) is 6.60. The summed E-state index contributed by atoms with van der Waals surface area (Å²) >= 11 is 5.95. The third-order valence-electron chi connectivity index (χ3n) is 5.72. The average molecular weight is 467 g/mol. The van der Waals surface area contributed by atoms with Gasteiger partial charge in [0.25, 0.3) is 0 Å². The number of aliphatic imine (C=N–C) groups is 1. The number of alkyl halides is 3. The minimum atomic E-state index is -4.73. The van der Waals surface area contributed by atoms with E-state index in [1.54, 1.807) is 0 Å². The van der Waals surface area contributed by atoms with Gasteiger partial charge in [0.1, 0.15) is 18.4 Å². The maximum Gasteiger partial charge on any atom is 0.573 e. The molecule has 3 atom stereocenters. The third-order valence-corrected chi connectivity index (χ3v) is 5.97. The summed E-state index contributed by atoms with van der Waals surface area (Å²) in [6, 6.07) is 12.8. The van der Waals surface area contributed by atoms with Gasteiger partial charge >= 0.3 is 6.36 Å². The number of nitrogens with zero attached hydrogens (tertiary/aromatic N) is 1. The lowest BCUT2D eigenvalue weighted by Gasteiger charge is -2.18. The van der Waals surface area contributed by atoms with Crippen molar-refractivity contribution >= 4 is 23.4 Å². The standard InChI is InChI=1S/C23H22ClF3N2O3/c24-16-8-6-15(7-9-16)20-13-31-22(29-20)19-3-1-2-18(19)21(30)28-12-14-4-10-17(11-5-14)32-23(25,26)27/h4-11,18-20H,1-3,12-13H2,(H,28,30)/t18-,19-,20?/m1/s1. The van der Waals surface area contributed by atoms with Crippen LogP contribution in [0.3, 0.4) is 0 Å². The van der Waals surface area contributed by atoms with Crippen LogP contribution in [-0.2, 0) is 16.1 Å². The van der Waals surface area contributed by atoms with Crippen LogP contribution in [0.15, 0.2) is 53.5 Å². The first-order chi connectivity index (χ1) is 15.3.